The zero-order valence-corrected chi connectivity index (χ0v) is 19.6. The highest BCUT2D eigenvalue weighted by Crippen LogP contribution is 2.25. The second-order valence-electron chi connectivity index (χ2n) is 7.72. The second-order valence-corrected chi connectivity index (χ2v) is 9.63. The number of morpholine rings is 1. The Balaban J connectivity index is 1.34. The van der Waals surface area contributed by atoms with E-state index in [1.807, 2.05) is 30.3 Å². The Hall–Kier alpha value is -3.40. The Kier molecular flexibility index (Phi) is 7.46. The number of amides is 1. The maximum absolute atomic E-state index is 13.0. The molecule has 1 aliphatic rings. The van der Waals surface area contributed by atoms with Crippen LogP contribution in [0.25, 0.3) is 0 Å². The van der Waals surface area contributed by atoms with Crippen molar-refractivity contribution in [3.05, 3.63) is 78.4 Å². The summed E-state index contributed by atoms with van der Waals surface area (Å²) >= 11 is 0. The Labute approximate surface area is 199 Å². The average molecular weight is 483 g/mol. The molecule has 1 aliphatic heterocycles. The lowest BCUT2D eigenvalue weighted by molar-refractivity contribution is -0.118. The molecule has 4 rings (SSSR count). The minimum absolute atomic E-state index is 0.169. The fourth-order valence-electron chi connectivity index (χ4n) is 3.46. The number of benzene rings is 3. The molecule has 0 radical (unpaired) electrons. The van der Waals surface area contributed by atoms with Crippen molar-refractivity contribution in [2.24, 2.45) is 0 Å². The van der Waals surface area contributed by atoms with Gasteiger partial charge in [-0.2, -0.15) is 4.31 Å². The molecule has 1 amide bonds. The van der Waals surface area contributed by atoms with E-state index in [2.05, 4.69) is 5.32 Å². The average Bonchev–Trinajstić information content (AvgIpc) is 2.86. The van der Waals surface area contributed by atoms with Crippen LogP contribution < -0.4 is 14.8 Å². The van der Waals surface area contributed by atoms with E-state index in [-0.39, 0.29) is 11.5 Å². The number of hydrogen-bond donors (Lipinski definition) is 1. The summed E-state index contributed by atoms with van der Waals surface area (Å²) in [7, 11) is -3.67. The third-order valence-electron chi connectivity index (χ3n) is 5.23. The fourth-order valence-corrected chi connectivity index (χ4v) is 5.12. The molecular weight excluding hydrogens is 456 g/mol. The van der Waals surface area contributed by atoms with Crippen LogP contribution in [0.15, 0.2) is 77.7 Å². The lowest BCUT2D eigenvalue weighted by atomic mass is 10.2. The molecule has 3 aromatic carbocycles. The predicted octanol–water partition coefficient (Wildman–Crippen LogP) is 3.83. The number of nitrogens with one attached hydrogen (secondary N) is 1. The molecule has 0 atom stereocenters. The molecule has 0 unspecified atom stereocenters. The fraction of sp³-hybridized carbons (Fsp3) is 0.240. The van der Waals surface area contributed by atoms with Gasteiger partial charge >= 0.3 is 0 Å². The Morgan fingerprint density at radius 1 is 0.941 bits per heavy atom. The summed E-state index contributed by atoms with van der Waals surface area (Å²) in [5.41, 5.74) is 0.996. The standard InChI is InChI=1S/C25H26N2O6S/c1-19-7-8-20(17-24(19)34(29,30)27-13-15-31-16-14-27)26-25(28)18-32-21-9-11-23(12-10-21)33-22-5-3-2-4-6-22/h2-12,17H,13-16,18H2,1H3,(H,26,28). The van der Waals surface area contributed by atoms with Gasteiger partial charge in [0.1, 0.15) is 17.2 Å². The normalized spacial score (nSPS) is 14.4. The summed E-state index contributed by atoms with van der Waals surface area (Å²) in [5, 5.41) is 2.70. The molecule has 8 nitrogen and oxygen atoms in total. The zero-order chi connectivity index (χ0) is 24.0. The van der Waals surface area contributed by atoms with E-state index < -0.39 is 15.9 Å². The topological polar surface area (TPSA) is 94.2 Å². The molecule has 1 saturated heterocycles. The molecular formula is C25H26N2O6S. The first-order valence-electron chi connectivity index (χ1n) is 10.9. The van der Waals surface area contributed by atoms with Gasteiger partial charge < -0.3 is 19.5 Å². The monoisotopic (exact) mass is 482 g/mol. The van der Waals surface area contributed by atoms with Crippen LogP contribution in [0.1, 0.15) is 5.56 Å². The van der Waals surface area contributed by atoms with Gasteiger partial charge in [0, 0.05) is 18.8 Å². The molecule has 0 spiro atoms. The molecule has 0 aliphatic carbocycles. The number of para-hydroxylation sites is 1. The van der Waals surface area contributed by atoms with Gasteiger partial charge in [-0.1, -0.05) is 24.3 Å². The summed E-state index contributed by atoms with van der Waals surface area (Å²) in [4.78, 5) is 12.6. The van der Waals surface area contributed by atoms with Crippen LogP contribution in [-0.4, -0.2) is 51.5 Å². The smallest absolute Gasteiger partial charge is 0.262 e. The molecule has 3 aromatic rings. The van der Waals surface area contributed by atoms with Crippen molar-refractivity contribution in [1.82, 2.24) is 4.31 Å². The van der Waals surface area contributed by atoms with Gasteiger partial charge in [-0.15, -0.1) is 0 Å². The largest absolute Gasteiger partial charge is 0.484 e. The van der Waals surface area contributed by atoms with E-state index >= 15 is 0 Å². The van der Waals surface area contributed by atoms with Crippen LogP contribution >= 0.6 is 0 Å². The Morgan fingerprint density at radius 2 is 1.59 bits per heavy atom. The molecule has 34 heavy (non-hydrogen) atoms. The van der Waals surface area contributed by atoms with Crippen molar-refractivity contribution in [1.29, 1.82) is 0 Å². The third-order valence-corrected chi connectivity index (χ3v) is 7.27. The number of hydrogen-bond acceptors (Lipinski definition) is 6. The third kappa shape index (κ3) is 5.93. The number of sulfonamides is 1. The highest BCUT2D eigenvalue weighted by atomic mass is 32.2. The summed E-state index contributed by atoms with van der Waals surface area (Å²) in [5.74, 6) is 1.48. The highest BCUT2D eigenvalue weighted by Gasteiger charge is 2.28. The van der Waals surface area contributed by atoms with Crippen LogP contribution in [0.2, 0.25) is 0 Å². The number of carbonyl (C=O) groups excluding carboxylic acids is 1. The number of ether oxygens (including phenoxy) is 3. The van der Waals surface area contributed by atoms with E-state index in [1.165, 1.54) is 10.4 Å². The molecule has 1 heterocycles. The Morgan fingerprint density at radius 3 is 2.29 bits per heavy atom. The van der Waals surface area contributed by atoms with Crippen molar-refractivity contribution < 1.29 is 27.4 Å². The SMILES string of the molecule is Cc1ccc(NC(=O)COc2ccc(Oc3ccccc3)cc2)cc1S(=O)(=O)N1CCOCC1. The first-order chi connectivity index (χ1) is 16.4. The predicted molar refractivity (Wildman–Crippen MR) is 128 cm³/mol. The summed E-state index contributed by atoms with van der Waals surface area (Å²) < 4.78 is 44.0. The van der Waals surface area contributed by atoms with E-state index in [9.17, 15) is 13.2 Å². The number of anilines is 1. The van der Waals surface area contributed by atoms with Gasteiger partial charge in [-0.25, -0.2) is 8.42 Å². The molecule has 0 bridgehead atoms. The summed E-state index contributed by atoms with van der Waals surface area (Å²) in [6, 6.07) is 21.2. The lowest BCUT2D eigenvalue weighted by Crippen LogP contribution is -2.40. The maximum atomic E-state index is 13.0. The quantitative estimate of drug-likeness (QED) is 0.525. The second kappa shape index (κ2) is 10.7. The van der Waals surface area contributed by atoms with E-state index in [1.54, 1.807) is 43.3 Å². The first kappa shape index (κ1) is 23.7. The van der Waals surface area contributed by atoms with Crippen LogP contribution in [0.3, 0.4) is 0 Å². The summed E-state index contributed by atoms with van der Waals surface area (Å²) in [6.45, 7) is 2.85. The first-order valence-corrected chi connectivity index (χ1v) is 12.3. The van der Waals surface area contributed by atoms with Gasteiger partial charge in [-0.05, 0) is 61.0 Å². The van der Waals surface area contributed by atoms with E-state index in [0.717, 1.165) is 5.75 Å². The molecule has 1 fully saturated rings. The highest BCUT2D eigenvalue weighted by molar-refractivity contribution is 7.89. The van der Waals surface area contributed by atoms with Gasteiger partial charge in [0.2, 0.25) is 10.0 Å². The molecule has 0 saturated carbocycles. The van der Waals surface area contributed by atoms with Crippen molar-refractivity contribution in [2.75, 3.05) is 38.2 Å². The van der Waals surface area contributed by atoms with Crippen LogP contribution in [0.5, 0.6) is 17.2 Å². The van der Waals surface area contributed by atoms with E-state index in [4.69, 9.17) is 14.2 Å². The van der Waals surface area contributed by atoms with Gasteiger partial charge in [0.15, 0.2) is 6.61 Å². The summed E-state index contributed by atoms with van der Waals surface area (Å²) in [6.07, 6.45) is 0. The molecule has 9 heteroatoms. The zero-order valence-electron chi connectivity index (χ0n) is 18.8. The van der Waals surface area contributed by atoms with Crippen molar-refractivity contribution in [2.45, 2.75) is 11.8 Å². The number of rotatable bonds is 8. The lowest BCUT2D eigenvalue weighted by Gasteiger charge is -2.26. The van der Waals surface area contributed by atoms with Gasteiger partial charge in [-0.3, -0.25) is 4.79 Å². The van der Waals surface area contributed by atoms with Crippen molar-refractivity contribution in [3.8, 4) is 17.2 Å². The Bertz CT molecular complexity index is 1220. The molecule has 0 aromatic heterocycles. The van der Waals surface area contributed by atoms with Crippen LogP contribution in [-0.2, 0) is 19.6 Å². The van der Waals surface area contributed by atoms with Gasteiger partial charge in [0.25, 0.3) is 5.91 Å². The van der Waals surface area contributed by atoms with Gasteiger partial charge in [0.05, 0.1) is 18.1 Å². The molecule has 178 valence electrons. The van der Waals surface area contributed by atoms with Crippen molar-refractivity contribution in [3.63, 3.8) is 0 Å². The molecule has 1 N–H and O–H groups in total. The maximum Gasteiger partial charge on any atom is 0.262 e. The number of nitrogens with zero attached hydrogens (tertiary/aromatic N) is 1. The van der Waals surface area contributed by atoms with Crippen LogP contribution in [0, 0.1) is 6.92 Å². The van der Waals surface area contributed by atoms with Crippen LogP contribution in [0.4, 0.5) is 5.69 Å². The number of aryl methyl sites for hydroxylation is 1. The number of carbonyl (C=O) groups is 1. The van der Waals surface area contributed by atoms with E-state index in [0.29, 0.717) is 49.1 Å². The minimum atomic E-state index is -3.67. The van der Waals surface area contributed by atoms with Crippen molar-refractivity contribution >= 4 is 21.6 Å². The minimum Gasteiger partial charge on any atom is -0.484 e.